The summed E-state index contributed by atoms with van der Waals surface area (Å²) < 4.78 is 27.1. The molecule has 0 bridgehead atoms. The van der Waals surface area contributed by atoms with Crippen LogP contribution in [0, 0.1) is 17.0 Å². The van der Waals surface area contributed by atoms with Gasteiger partial charge >= 0.3 is 0 Å². The van der Waals surface area contributed by atoms with Gasteiger partial charge in [-0.2, -0.15) is 0 Å². The first-order valence-corrected chi connectivity index (χ1v) is 7.67. The van der Waals surface area contributed by atoms with Crippen LogP contribution in [0.15, 0.2) is 46.4 Å². The van der Waals surface area contributed by atoms with E-state index in [4.69, 9.17) is 28.6 Å². The van der Waals surface area contributed by atoms with Crippen molar-refractivity contribution in [2.24, 2.45) is 9.98 Å². The number of hydrogen-bond acceptors (Lipinski definition) is 3. The summed E-state index contributed by atoms with van der Waals surface area (Å²) in [6.45, 7) is 0.144. The molecule has 0 aromatic heterocycles. The SMILES string of the molecule is N=C(CN=Cc1ccc(Cl)cc1F)CN=Cc1ccc(Cl)cc1F. The Morgan fingerprint density at radius 2 is 1.29 bits per heavy atom. The summed E-state index contributed by atoms with van der Waals surface area (Å²) in [5.74, 6) is -0.956. The Labute approximate surface area is 148 Å². The number of nitrogens with zero attached hydrogens (tertiary/aromatic N) is 2. The van der Waals surface area contributed by atoms with Crippen LogP contribution in [0.2, 0.25) is 10.0 Å². The predicted octanol–water partition coefficient (Wildman–Crippen LogP) is 4.83. The lowest BCUT2D eigenvalue weighted by Crippen LogP contribution is -2.06. The highest BCUT2D eigenvalue weighted by atomic mass is 35.5. The monoisotopic (exact) mass is 367 g/mol. The zero-order valence-corrected chi connectivity index (χ0v) is 14.0. The fourth-order valence-corrected chi connectivity index (χ4v) is 2.09. The van der Waals surface area contributed by atoms with Crippen LogP contribution in [-0.4, -0.2) is 31.2 Å². The van der Waals surface area contributed by atoms with Crippen molar-refractivity contribution in [1.29, 1.82) is 5.41 Å². The van der Waals surface area contributed by atoms with Crippen LogP contribution < -0.4 is 0 Å². The molecule has 0 radical (unpaired) electrons. The molecule has 0 fully saturated rings. The zero-order chi connectivity index (χ0) is 17.5. The van der Waals surface area contributed by atoms with E-state index in [9.17, 15) is 8.78 Å². The first-order valence-electron chi connectivity index (χ1n) is 6.92. The van der Waals surface area contributed by atoms with Crippen LogP contribution in [0.3, 0.4) is 0 Å². The van der Waals surface area contributed by atoms with Crippen molar-refractivity contribution in [3.63, 3.8) is 0 Å². The van der Waals surface area contributed by atoms with Gasteiger partial charge in [-0.3, -0.25) is 9.98 Å². The Morgan fingerprint density at radius 1 is 0.875 bits per heavy atom. The summed E-state index contributed by atoms with van der Waals surface area (Å²) in [5, 5.41) is 8.35. The highest BCUT2D eigenvalue weighted by Crippen LogP contribution is 2.13. The van der Waals surface area contributed by atoms with Gasteiger partial charge in [0.05, 0.1) is 18.8 Å². The first-order chi connectivity index (χ1) is 11.5. The number of benzene rings is 2. The molecule has 3 nitrogen and oxygen atoms in total. The summed E-state index contributed by atoms with van der Waals surface area (Å²) in [6.07, 6.45) is 2.67. The molecule has 0 aliphatic heterocycles. The van der Waals surface area contributed by atoms with Gasteiger partial charge in [-0.05, 0) is 36.4 Å². The molecule has 0 atom stereocenters. The molecule has 2 aromatic rings. The van der Waals surface area contributed by atoms with Gasteiger partial charge in [0.25, 0.3) is 0 Å². The molecule has 0 aliphatic carbocycles. The van der Waals surface area contributed by atoms with E-state index in [0.29, 0.717) is 21.2 Å². The Bertz CT molecular complexity index is 739. The maximum atomic E-state index is 13.5. The van der Waals surface area contributed by atoms with E-state index in [-0.39, 0.29) is 18.8 Å². The summed E-state index contributed by atoms with van der Waals surface area (Å²) in [7, 11) is 0. The third kappa shape index (κ3) is 5.51. The Morgan fingerprint density at radius 3 is 1.67 bits per heavy atom. The van der Waals surface area contributed by atoms with Gasteiger partial charge in [0, 0.05) is 33.6 Å². The molecular formula is C17H13Cl2F2N3. The van der Waals surface area contributed by atoms with Crippen molar-refractivity contribution < 1.29 is 8.78 Å². The largest absolute Gasteiger partial charge is 0.306 e. The average Bonchev–Trinajstić information content (AvgIpc) is 2.51. The van der Waals surface area contributed by atoms with E-state index in [1.807, 2.05) is 0 Å². The van der Waals surface area contributed by atoms with Crippen LogP contribution in [0.25, 0.3) is 0 Å². The van der Waals surface area contributed by atoms with Crippen LogP contribution in [0.4, 0.5) is 8.78 Å². The summed E-state index contributed by atoms with van der Waals surface area (Å²) in [5.41, 5.74) is 0.795. The number of halogens is 4. The highest BCUT2D eigenvalue weighted by molar-refractivity contribution is 6.30. The van der Waals surface area contributed by atoms with E-state index >= 15 is 0 Å². The van der Waals surface area contributed by atoms with E-state index < -0.39 is 11.6 Å². The van der Waals surface area contributed by atoms with Gasteiger partial charge in [-0.25, -0.2) is 8.78 Å². The number of rotatable bonds is 6. The minimum Gasteiger partial charge on any atom is -0.306 e. The third-order valence-corrected chi connectivity index (χ3v) is 3.42. The number of nitrogens with one attached hydrogen (secondary N) is 1. The molecular weight excluding hydrogens is 355 g/mol. The summed E-state index contributed by atoms with van der Waals surface area (Å²) >= 11 is 11.3. The van der Waals surface area contributed by atoms with Crippen molar-refractivity contribution in [1.82, 2.24) is 0 Å². The van der Waals surface area contributed by atoms with E-state index in [2.05, 4.69) is 9.98 Å². The van der Waals surface area contributed by atoms with E-state index in [0.717, 1.165) is 0 Å². The predicted molar refractivity (Wildman–Crippen MR) is 95.5 cm³/mol. The average molecular weight is 368 g/mol. The minimum absolute atomic E-state index is 0.0719. The second-order valence-electron chi connectivity index (χ2n) is 4.87. The van der Waals surface area contributed by atoms with Crippen LogP contribution in [-0.2, 0) is 0 Å². The topological polar surface area (TPSA) is 48.6 Å². The van der Waals surface area contributed by atoms with Gasteiger partial charge in [0.15, 0.2) is 0 Å². The second kappa shape index (κ2) is 8.66. The molecule has 2 rings (SSSR count). The summed E-state index contributed by atoms with van der Waals surface area (Å²) in [4.78, 5) is 7.98. The van der Waals surface area contributed by atoms with E-state index in [1.54, 1.807) is 12.1 Å². The van der Waals surface area contributed by atoms with Gasteiger partial charge < -0.3 is 5.41 Å². The lowest BCUT2D eigenvalue weighted by Gasteiger charge is -1.99. The molecule has 0 aliphatic rings. The lowest BCUT2D eigenvalue weighted by molar-refractivity contribution is 0.625. The second-order valence-corrected chi connectivity index (χ2v) is 5.75. The molecule has 24 heavy (non-hydrogen) atoms. The van der Waals surface area contributed by atoms with Gasteiger partial charge in [0.1, 0.15) is 11.6 Å². The van der Waals surface area contributed by atoms with Crippen LogP contribution in [0.1, 0.15) is 11.1 Å². The molecule has 0 saturated carbocycles. The van der Waals surface area contributed by atoms with Gasteiger partial charge in [-0.1, -0.05) is 23.2 Å². The number of hydrogen-bond donors (Lipinski definition) is 1. The van der Waals surface area contributed by atoms with Gasteiger partial charge in [-0.15, -0.1) is 0 Å². The molecule has 2 aromatic carbocycles. The zero-order valence-electron chi connectivity index (χ0n) is 12.4. The van der Waals surface area contributed by atoms with Crippen molar-refractivity contribution in [3.05, 3.63) is 69.2 Å². The Kier molecular flexibility index (Phi) is 6.58. The third-order valence-electron chi connectivity index (χ3n) is 2.95. The quantitative estimate of drug-likeness (QED) is 0.711. The molecule has 0 amide bonds. The summed E-state index contributed by atoms with van der Waals surface area (Å²) in [6, 6.07) is 8.52. The fraction of sp³-hybridized carbons (Fsp3) is 0.118. The highest BCUT2D eigenvalue weighted by Gasteiger charge is 2.01. The lowest BCUT2D eigenvalue weighted by atomic mass is 10.2. The van der Waals surface area contributed by atoms with E-state index in [1.165, 1.54) is 36.7 Å². The normalized spacial score (nSPS) is 11.5. The first kappa shape index (κ1) is 18.2. The van der Waals surface area contributed by atoms with Crippen molar-refractivity contribution in [3.8, 4) is 0 Å². The maximum Gasteiger partial charge on any atom is 0.133 e. The van der Waals surface area contributed by atoms with Crippen LogP contribution in [0.5, 0.6) is 0 Å². The van der Waals surface area contributed by atoms with Crippen molar-refractivity contribution in [2.45, 2.75) is 0 Å². The number of aliphatic imine (C=N–C) groups is 2. The smallest absolute Gasteiger partial charge is 0.133 e. The fourth-order valence-electron chi connectivity index (χ4n) is 1.77. The molecule has 1 N–H and O–H groups in total. The Balaban J connectivity index is 1.87. The Hall–Kier alpha value is -2.11. The molecule has 0 heterocycles. The van der Waals surface area contributed by atoms with Crippen molar-refractivity contribution >= 4 is 41.3 Å². The van der Waals surface area contributed by atoms with Gasteiger partial charge in [0.2, 0.25) is 0 Å². The molecule has 0 spiro atoms. The molecule has 124 valence electrons. The molecule has 0 unspecified atom stereocenters. The molecule has 0 saturated heterocycles. The standard InChI is InChI=1S/C17H13Cl2F2N3/c18-13-3-1-11(16(20)5-13)7-23-9-15(22)10-24-8-12-2-4-14(19)6-17(12)21/h1-8,22H,9-10H2. The molecule has 7 heteroatoms. The maximum absolute atomic E-state index is 13.5. The minimum atomic E-state index is -0.478. The van der Waals surface area contributed by atoms with Crippen molar-refractivity contribution in [2.75, 3.05) is 13.1 Å². The van der Waals surface area contributed by atoms with Crippen LogP contribution >= 0.6 is 23.2 Å².